The lowest BCUT2D eigenvalue weighted by molar-refractivity contribution is 0.278. The Morgan fingerprint density at radius 2 is 1.63 bits per heavy atom. The van der Waals surface area contributed by atoms with E-state index >= 15 is 0 Å². The first-order chi connectivity index (χ1) is 12.6. The molecule has 1 fully saturated rings. The van der Waals surface area contributed by atoms with Crippen LogP contribution >= 0.6 is 0 Å². The molecular weight excluding hydrogens is 390 g/mol. The minimum absolute atomic E-state index is 0.150. The van der Waals surface area contributed by atoms with Gasteiger partial charge in [-0.3, -0.25) is 0 Å². The number of sulfonamides is 1. The minimum atomic E-state index is -3.56. The molecule has 2 heterocycles. The second-order valence-corrected chi connectivity index (χ2v) is 10.9. The van der Waals surface area contributed by atoms with E-state index in [1.165, 1.54) is 4.31 Å². The summed E-state index contributed by atoms with van der Waals surface area (Å²) in [5.74, 6) is 0.431. The summed E-state index contributed by atoms with van der Waals surface area (Å²) >= 11 is 0. The van der Waals surface area contributed by atoms with Crippen molar-refractivity contribution < 1.29 is 21.3 Å². The van der Waals surface area contributed by atoms with Crippen molar-refractivity contribution in [3.8, 4) is 0 Å². The normalized spacial score (nSPS) is 17.5. The first kappa shape index (κ1) is 20.0. The van der Waals surface area contributed by atoms with Crippen LogP contribution in [-0.2, 0) is 19.9 Å². The van der Waals surface area contributed by atoms with Gasteiger partial charge in [-0.05, 0) is 36.5 Å². The predicted molar refractivity (Wildman–Crippen MR) is 98.7 cm³/mol. The maximum absolute atomic E-state index is 12.8. The van der Waals surface area contributed by atoms with Crippen molar-refractivity contribution >= 4 is 19.9 Å². The van der Waals surface area contributed by atoms with Crippen LogP contribution in [0.15, 0.2) is 38.8 Å². The molecule has 1 aliphatic rings. The summed E-state index contributed by atoms with van der Waals surface area (Å²) in [7, 11) is -7.10. The van der Waals surface area contributed by atoms with Crippen molar-refractivity contribution in [2.24, 2.45) is 0 Å². The summed E-state index contributed by atoms with van der Waals surface area (Å²) < 4.78 is 55.3. The van der Waals surface area contributed by atoms with Gasteiger partial charge in [0.2, 0.25) is 25.8 Å². The molecule has 27 heavy (non-hydrogen) atoms. The molecule has 0 aliphatic carbocycles. The number of rotatable bonds is 5. The highest BCUT2D eigenvalue weighted by atomic mass is 32.2. The van der Waals surface area contributed by atoms with Gasteiger partial charge in [-0.25, -0.2) is 16.8 Å². The molecule has 1 aromatic heterocycles. The van der Waals surface area contributed by atoms with Crippen molar-refractivity contribution in [3.05, 3.63) is 35.7 Å². The number of nitrogens with zero attached hydrogens (tertiary/aromatic N) is 3. The van der Waals surface area contributed by atoms with Crippen molar-refractivity contribution in [1.29, 1.82) is 0 Å². The summed E-state index contributed by atoms with van der Waals surface area (Å²) in [6.45, 7) is 4.74. The Bertz CT molecular complexity index is 1000. The third-order valence-corrected chi connectivity index (χ3v) is 7.44. The monoisotopic (exact) mass is 413 g/mol. The van der Waals surface area contributed by atoms with Gasteiger partial charge in [-0.1, -0.05) is 31.1 Å². The van der Waals surface area contributed by atoms with Crippen molar-refractivity contribution in [2.75, 3.05) is 19.3 Å². The van der Waals surface area contributed by atoms with Gasteiger partial charge in [-0.15, -0.1) is 5.10 Å². The van der Waals surface area contributed by atoms with E-state index in [2.05, 4.69) is 24.0 Å². The molecule has 2 aromatic rings. The standard InChI is InChI=1S/C17H23N3O5S2/c1-12(2)13-4-6-15(7-5-13)27(23,24)20-10-8-14(9-11-20)16-18-19-17(25-16)26(3,21)22/h4-7,12,14H,8-11H2,1-3H3. The summed E-state index contributed by atoms with van der Waals surface area (Å²) in [6.07, 6.45) is 1.99. The number of hydrogen-bond donors (Lipinski definition) is 0. The summed E-state index contributed by atoms with van der Waals surface area (Å²) in [5, 5.41) is 6.97. The molecule has 8 nitrogen and oxygen atoms in total. The van der Waals surface area contributed by atoms with Crippen LogP contribution in [0, 0.1) is 0 Å². The summed E-state index contributed by atoms with van der Waals surface area (Å²) in [4.78, 5) is 0.280. The number of piperidine rings is 1. The first-order valence-electron chi connectivity index (χ1n) is 8.72. The van der Waals surface area contributed by atoms with Gasteiger partial charge in [0.1, 0.15) is 0 Å². The Labute approximate surface area is 159 Å². The molecule has 0 N–H and O–H groups in total. The molecule has 0 radical (unpaired) electrons. The largest absolute Gasteiger partial charge is 0.412 e. The zero-order chi connectivity index (χ0) is 19.8. The highest BCUT2D eigenvalue weighted by Crippen LogP contribution is 2.30. The number of sulfone groups is 1. The smallest absolute Gasteiger partial charge is 0.335 e. The van der Waals surface area contributed by atoms with E-state index in [0.29, 0.717) is 31.8 Å². The fourth-order valence-corrected chi connectivity index (χ4v) is 4.95. The number of aromatic nitrogens is 2. The maximum atomic E-state index is 12.8. The van der Waals surface area contributed by atoms with Crippen molar-refractivity contribution in [1.82, 2.24) is 14.5 Å². The van der Waals surface area contributed by atoms with Crippen LogP contribution in [0.4, 0.5) is 0 Å². The second kappa shape index (κ2) is 7.33. The van der Waals surface area contributed by atoms with Crippen LogP contribution in [0.25, 0.3) is 0 Å². The molecule has 1 saturated heterocycles. The van der Waals surface area contributed by atoms with E-state index in [0.717, 1.165) is 11.8 Å². The molecule has 10 heteroatoms. The van der Waals surface area contributed by atoms with Crippen LogP contribution in [0.2, 0.25) is 0 Å². The Morgan fingerprint density at radius 3 is 2.11 bits per heavy atom. The molecule has 148 valence electrons. The van der Waals surface area contributed by atoms with Crippen LogP contribution in [-0.4, -0.2) is 50.7 Å². The lowest BCUT2D eigenvalue weighted by Crippen LogP contribution is -2.37. The van der Waals surface area contributed by atoms with Gasteiger partial charge in [0.25, 0.3) is 0 Å². The zero-order valence-electron chi connectivity index (χ0n) is 15.5. The van der Waals surface area contributed by atoms with Gasteiger partial charge in [0.15, 0.2) is 0 Å². The minimum Gasteiger partial charge on any atom is -0.412 e. The summed E-state index contributed by atoms with van der Waals surface area (Å²) in [5.41, 5.74) is 1.09. The third-order valence-electron chi connectivity index (χ3n) is 4.73. The van der Waals surface area contributed by atoms with E-state index in [1.54, 1.807) is 12.1 Å². The summed E-state index contributed by atoms with van der Waals surface area (Å²) in [6, 6.07) is 6.98. The van der Waals surface area contributed by atoms with Crippen LogP contribution in [0.3, 0.4) is 0 Å². The molecule has 1 aromatic carbocycles. The highest BCUT2D eigenvalue weighted by Gasteiger charge is 2.32. The Morgan fingerprint density at radius 1 is 1.04 bits per heavy atom. The second-order valence-electron chi connectivity index (χ2n) is 7.08. The van der Waals surface area contributed by atoms with Gasteiger partial charge in [0.05, 0.1) is 4.90 Å². The Balaban J connectivity index is 1.70. The van der Waals surface area contributed by atoms with Gasteiger partial charge in [-0.2, -0.15) is 4.31 Å². The fraction of sp³-hybridized carbons (Fsp3) is 0.529. The van der Waals surface area contributed by atoms with E-state index in [1.807, 2.05) is 12.1 Å². The maximum Gasteiger partial charge on any atom is 0.335 e. The van der Waals surface area contributed by atoms with E-state index in [9.17, 15) is 16.8 Å². The van der Waals surface area contributed by atoms with Crippen LogP contribution in [0.5, 0.6) is 0 Å². The van der Waals surface area contributed by atoms with Crippen LogP contribution in [0.1, 0.15) is 50.0 Å². The highest BCUT2D eigenvalue weighted by molar-refractivity contribution is 7.90. The molecule has 0 amide bonds. The van der Waals surface area contributed by atoms with E-state index < -0.39 is 25.1 Å². The molecular formula is C17H23N3O5S2. The predicted octanol–water partition coefficient (Wildman–Crippen LogP) is 2.16. The molecule has 3 rings (SSSR count). The Hall–Kier alpha value is -1.78. The van der Waals surface area contributed by atoms with Crippen LogP contribution < -0.4 is 0 Å². The SMILES string of the molecule is CC(C)c1ccc(S(=O)(=O)N2CCC(c3nnc(S(C)(=O)=O)o3)CC2)cc1. The fourth-order valence-electron chi connectivity index (χ4n) is 3.05. The quantitative estimate of drug-likeness (QED) is 0.738. The van der Waals surface area contributed by atoms with Crippen molar-refractivity contribution in [3.63, 3.8) is 0 Å². The lowest BCUT2D eigenvalue weighted by Gasteiger charge is -2.29. The van der Waals surface area contributed by atoms with Gasteiger partial charge in [0, 0.05) is 25.3 Å². The molecule has 0 bridgehead atoms. The molecule has 0 saturated carbocycles. The third kappa shape index (κ3) is 4.22. The average Bonchev–Trinajstić information content (AvgIpc) is 3.12. The number of benzene rings is 1. The first-order valence-corrected chi connectivity index (χ1v) is 12.1. The average molecular weight is 414 g/mol. The zero-order valence-corrected chi connectivity index (χ0v) is 17.1. The molecule has 0 atom stereocenters. The van der Waals surface area contributed by atoms with Gasteiger partial charge >= 0.3 is 5.22 Å². The lowest BCUT2D eigenvalue weighted by atomic mass is 9.98. The molecule has 0 spiro atoms. The molecule has 1 aliphatic heterocycles. The molecule has 0 unspecified atom stereocenters. The number of hydrogen-bond acceptors (Lipinski definition) is 7. The van der Waals surface area contributed by atoms with Gasteiger partial charge < -0.3 is 4.42 Å². The Kier molecular flexibility index (Phi) is 5.42. The van der Waals surface area contributed by atoms with Crippen molar-refractivity contribution in [2.45, 2.75) is 48.6 Å². The topological polar surface area (TPSA) is 110 Å². The van der Waals surface area contributed by atoms with E-state index in [4.69, 9.17) is 4.42 Å². The van der Waals surface area contributed by atoms with E-state index in [-0.39, 0.29) is 16.7 Å².